The van der Waals surface area contributed by atoms with Crippen molar-refractivity contribution >= 4 is 23.2 Å². The lowest BCUT2D eigenvalue weighted by Crippen LogP contribution is -2.56. The summed E-state index contributed by atoms with van der Waals surface area (Å²) in [4.78, 5) is 30.2. The Kier molecular flexibility index (Phi) is 6.98. The molecule has 1 aromatic heterocycles. The molecule has 1 atom stereocenters. The number of hydrogen-bond donors (Lipinski definition) is 0. The Hall–Kier alpha value is -2.22. The van der Waals surface area contributed by atoms with Crippen molar-refractivity contribution < 1.29 is 19.1 Å². The van der Waals surface area contributed by atoms with Gasteiger partial charge in [0.05, 0.1) is 19.8 Å². The van der Waals surface area contributed by atoms with E-state index in [-0.39, 0.29) is 25.0 Å². The SMILES string of the molecule is COCCN(Cc1cccs1)C(=O)[C@@H]1COCC(=O)N1Cc1ccccc1. The smallest absolute Gasteiger partial charge is 0.249 e. The average molecular weight is 388 g/mol. The fourth-order valence-electron chi connectivity index (χ4n) is 3.06. The van der Waals surface area contributed by atoms with Crippen LogP contribution in [0.4, 0.5) is 0 Å². The van der Waals surface area contributed by atoms with Crippen LogP contribution in [0.5, 0.6) is 0 Å². The first kappa shape index (κ1) is 19.5. The monoisotopic (exact) mass is 388 g/mol. The van der Waals surface area contributed by atoms with Gasteiger partial charge >= 0.3 is 0 Å². The van der Waals surface area contributed by atoms with Gasteiger partial charge in [-0.3, -0.25) is 9.59 Å². The summed E-state index contributed by atoms with van der Waals surface area (Å²) < 4.78 is 10.6. The van der Waals surface area contributed by atoms with E-state index >= 15 is 0 Å². The van der Waals surface area contributed by atoms with E-state index in [9.17, 15) is 9.59 Å². The summed E-state index contributed by atoms with van der Waals surface area (Å²) >= 11 is 1.61. The van der Waals surface area contributed by atoms with Gasteiger partial charge in [0.15, 0.2) is 0 Å². The normalized spacial score (nSPS) is 17.1. The summed E-state index contributed by atoms with van der Waals surface area (Å²) in [5.74, 6) is -0.268. The van der Waals surface area contributed by atoms with Crippen molar-refractivity contribution in [3.63, 3.8) is 0 Å². The van der Waals surface area contributed by atoms with E-state index in [1.54, 1.807) is 28.2 Å². The van der Waals surface area contributed by atoms with Crippen molar-refractivity contribution in [3.05, 3.63) is 58.3 Å². The molecule has 2 aromatic rings. The molecule has 7 heteroatoms. The van der Waals surface area contributed by atoms with Crippen molar-refractivity contribution in [2.24, 2.45) is 0 Å². The third kappa shape index (κ3) is 5.15. The standard InChI is InChI=1S/C20H24N2O4S/c1-25-10-9-21(13-17-8-5-11-27-17)20(24)18-14-26-15-19(23)22(18)12-16-6-3-2-4-7-16/h2-8,11,18H,9-10,12-15H2,1H3/t18-/m0/s1. The Labute approximate surface area is 163 Å². The Morgan fingerprint density at radius 2 is 2.11 bits per heavy atom. The molecule has 27 heavy (non-hydrogen) atoms. The number of carbonyl (C=O) groups excluding carboxylic acids is 2. The Morgan fingerprint density at radius 1 is 1.30 bits per heavy atom. The van der Waals surface area contributed by atoms with E-state index in [1.807, 2.05) is 47.8 Å². The zero-order valence-corrected chi connectivity index (χ0v) is 16.2. The largest absolute Gasteiger partial charge is 0.383 e. The molecule has 0 spiro atoms. The molecule has 1 aliphatic rings. The van der Waals surface area contributed by atoms with Gasteiger partial charge in [0, 0.05) is 25.1 Å². The van der Waals surface area contributed by atoms with E-state index in [0.717, 1.165) is 10.4 Å². The number of methoxy groups -OCH3 is 1. The highest BCUT2D eigenvalue weighted by Gasteiger charge is 2.36. The number of amides is 2. The fourth-order valence-corrected chi connectivity index (χ4v) is 3.78. The van der Waals surface area contributed by atoms with Crippen LogP contribution in [0.15, 0.2) is 47.8 Å². The van der Waals surface area contributed by atoms with Crippen LogP contribution in [0.3, 0.4) is 0 Å². The number of carbonyl (C=O) groups is 2. The molecule has 2 heterocycles. The minimum atomic E-state index is -0.622. The second kappa shape index (κ2) is 9.64. The van der Waals surface area contributed by atoms with Gasteiger partial charge in [0.25, 0.3) is 0 Å². The molecule has 2 amide bonds. The molecule has 0 aliphatic carbocycles. The van der Waals surface area contributed by atoms with Crippen molar-refractivity contribution in [1.29, 1.82) is 0 Å². The van der Waals surface area contributed by atoms with Crippen LogP contribution in [0, 0.1) is 0 Å². The Bertz CT molecular complexity index is 736. The Morgan fingerprint density at radius 3 is 2.81 bits per heavy atom. The minimum Gasteiger partial charge on any atom is -0.383 e. The predicted octanol–water partition coefficient (Wildman–Crippen LogP) is 2.15. The third-order valence-corrected chi connectivity index (χ3v) is 5.34. The molecule has 1 saturated heterocycles. The molecule has 1 aromatic carbocycles. The molecule has 0 bridgehead atoms. The topological polar surface area (TPSA) is 59.1 Å². The molecule has 0 saturated carbocycles. The number of benzene rings is 1. The van der Waals surface area contributed by atoms with Crippen LogP contribution in [-0.2, 0) is 32.2 Å². The second-order valence-corrected chi connectivity index (χ2v) is 7.40. The molecule has 1 fully saturated rings. The maximum atomic E-state index is 13.3. The summed E-state index contributed by atoms with van der Waals surface area (Å²) in [5, 5.41) is 1.99. The summed E-state index contributed by atoms with van der Waals surface area (Å²) in [6, 6.07) is 13.1. The van der Waals surface area contributed by atoms with Gasteiger partial charge in [-0.25, -0.2) is 0 Å². The van der Waals surface area contributed by atoms with Crippen LogP contribution in [0.25, 0.3) is 0 Å². The first-order valence-corrected chi connectivity index (χ1v) is 9.78. The highest BCUT2D eigenvalue weighted by atomic mass is 32.1. The van der Waals surface area contributed by atoms with Crippen molar-refractivity contribution in [1.82, 2.24) is 9.80 Å². The number of ether oxygens (including phenoxy) is 2. The minimum absolute atomic E-state index is 0.0135. The van der Waals surface area contributed by atoms with E-state index in [1.165, 1.54) is 0 Å². The first-order valence-electron chi connectivity index (χ1n) is 8.90. The van der Waals surface area contributed by atoms with E-state index in [2.05, 4.69) is 0 Å². The van der Waals surface area contributed by atoms with E-state index < -0.39 is 6.04 Å². The number of nitrogens with zero attached hydrogens (tertiary/aromatic N) is 2. The highest BCUT2D eigenvalue weighted by Crippen LogP contribution is 2.18. The van der Waals surface area contributed by atoms with Crippen LogP contribution in [-0.4, -0.2) is 61.1 Å². The third-order valence-electron chi connectivity index (χ3n) is 4.48. The van der Waals surface area contributed by atoms with Crippen molar-refractivity contribution in [2.75, 3.05) is 33.5 Å². The molecular formula is C20H24N2O4S. The van der Waals surface area contributed by atoms with Crippen molar-refractivity contribution in [2.45, 2.75) is 19.1 Å². The summed E-state index contributed by atoms with van der Waals surface area (Å²) in [7, 11) is 1.61. The van der Waals surface area contributed by atoms with Crippen LogP contribution >= 0.6 is 11.3 Å². The highest BCUT2D eigenvalue weighted by molar-refractivity contribution is 7.09. The van der Waals surface area contributed by atoms with Crippen LogP contribution < -0.4 is 0 Å². The molecule has 0 N–H and O–H groups in total. The maximum Gasteiger partial charge on any atom is 0.249 e. The summed E-state index contributed by atoms with van der Waals surface area (Å²) in [5.41, 5.74) is 0.993. The van der Waals surface area contributed by atoms with Gasteiger partial charge in [-0.2, -0.15) is 0 Å². The lowest BCUT2D eigenvalue weighted by molar-refractivity contribution is -0.160. The van der Waals surface area contributed by atoms with Crippen LogP contribution in [0.1, 0.15) is 10.4 Å². The number of thiophene rings is 1. The predicted molar refractivity (Wildman–Crippen MR) is 103 cm³/mol. The lowest BCUT2D eigenvalue weighted by Gasteiger charge is -2.37. The molecule has 144 valence electrons. The zero-order valence-electron chi connectivity index (χ0n) is 15.4. The molecule has 6 nitrogen and oxygen atoms in total. The Balaban J connectivity index is 1.77. The number of morpholine rings is 1. The second-order valence-electron chi connectivity index (χ2n) is 6.37. The molecular weight excluding hydrogens is 364 g/mol. The molecule has 0 radical (unpaired) electrons. The zero-order chi connectivity index (χ0) is 19.1. The lowest BCUT2D eigenvalue weighted by atomic mass is 10.1. The quantitative estimate of drug-likeness (QED) is 0.695. The van der Waals surface area contributed by atoms with Crippen molar-refractivity contribution in [3.8, 4) is 0 Å². The molecule has 3 rings (SSSR count). The summed E-state index contributed by atoms with van der Waals surface area (Å²) in [6.07, 6.45) is 0. The first-order chi connectivity index (χ1) is 13.2. The van der Waals surface area contributed by atoms with Gasteiger partial charge in [-0.15, -0.1) is 11.3 Å². The van der Waals surface area contributed by atoms with E-state index in [0.29, 0.717) is 26.2 Å². The average Bonchev–Trinajstić information content (AvgIpc) is 3.20. The van der Waals surface area contributed by atoms with Gasteiger partial charge in [0.1, 0.15) is 12.6 Å². The molecule has 1 aliphatic heterocycles. The van der Waals surface area contributed by atoms with Crippen LogP contribution in [0.2, 0.25) is 0 Å². The summed E-state index contributed by atoms with van der Waals surface area (Å²) in [6.45, 7) is 2.04. The van der Waals surface area contributed by atoms with Gasteiger partial charge in [-0.1, -0.05) is 36.4 Å². The fraction of sp³-hybridized carbons (Fsp3) is 0.400. The number of rotatable bonds is 8. The maximum absolute atomic E-state index is 13.3. The van der Waals surface area contributed by atoms with Gasteiger partial charge in [0.2, 0.25) is 11.8 Å². The van der Waals surface area contributed by atoms with E-state index in [4.69, 9.17) is 9.47 Å². The molecule has 0 unspecified atom stereocenters. The van der Waals surface area contributed by atoms with Gasteiger partial charge in [-0.05, 0) is 17.0 Å². The van der Waals surface area contributed by atoms with Gasteiger partial charge < -0.3 is 19.3 Å². The number of hydrogen-bond acceptors (Lipinski definition) is 5.